The fourth-order valence-electron chi connectivity index (χ4n) is 1.42. The molecule has 88 valence electrons. The second-order valence-electron chi connectivity index (χ2n) is 3.53. The summed E-state index contributed by atoms with van der Waals surface area (Å²) in [6.45, 7) is 3.44. The van der Waals surface area contributed by atoms with Gasteiger partial charge in [0.15, 0.2) is 0 Å². The highest BCUT2D eigenvalue weighted by molar-refractivity contribution is 7.10. The number of hydrogen-bond donors (Lipinski definition) is 1. The molecule has 2 rings (SSSR count). The van der Waals surface area contributed by atoms with Crippen molar-refractivity contribution in [3.63, 3.8) is 0 Å². The molecule has 7 heteroatoms. The number of hydrogen-bond acceptors (Lipinski definition) is 6. The third kappa shape index (κ3) is 2.79. The lowest BCUT2D eigenvalue weighted by molar-refractivity contribution is 0.570. The van der Waals surface area contributed by atoms with Crippen LogP contribution in [0.5, 0.6) is 0 Å². The Kier molecular flexibility index (Phi) is 3.67. The highest BCUT2D eigenvalue weighted by atomic mass is 32.1. The zero-order chi connectivity index (χ0) is 12.1. The summed E-state index contributed by atoms with van der Waals surface area (Å²) in [5.74, 6) is 0. The van der Waals surface area contributed by atoms with E-state index in [1.165, 1.54) is 11.5 Å². The Bertz CT molecular complexity index is 509. The third-order valence-electron chi connectivity index (χ3n) is 2.30. The number of aromatic nitrogens is 4. The van der Waals surface area contributed by atoms with Gasteiger partial charge in [0.1, 0.15) is 16.6 Å². The van der Waals surface area contributed by atoms with Crippen LogP contribution in [0.25, 0.3) is 0 Å². The maximum absolute atomic E-state index is 8.95. The van der Waals surface area contributed by atoms with E-state index in [4.69, 9.17) is 5.26 Å². The van der Waals surface area contributed by atoms with Gasteiger partial charge in [-0.25, -0.2) is 0 Å². The summed E-state index contributed by atoms with van der Waals surface area (Å²) < 4.78 is 5.93. The Hall–Kier alpha value is -1.94. The second kappa shape index (κ2) is 5.41. The monoisotopic (exact) mass is 248 g/mol. The second-order valence-corrected chi connectivity index (χ2v) is 4.30. The van der Waals surface area contributed by atoms with Crippen LogP contribution in [-0.2, 0) is 6.54 Å². The molecule has 0 spiro atoms. The Labute approximate surface area is 103 Å². The minimum atomic E-state index is 0.649. The van der Waals surface area contributed by atoms with E-state index in [2.05, 4.69) is 26.1 Å². The molecule has 0 saturated carbocycles. The van der Waals surface area contributed by atoms with E-state index in [1.54, 1.807) is 10.9 Å². The third-order valence-corrected chi connectivity index (χ3v) is 3.19. The van der Waals surface area contributed by atoms with Gasteiger partial charge in [0.05, 0.1) is 11.9 Å². The minimum Gasteiger partial charge on any atom is -0.375 e. The van der Waals surface area contributed by atoms with E-state index in [1.807, 2.05) is 13.1 Å². The molecule has 0 aliphatic heterocycles. The summed E-state index contributed by atoms with van der Waals surface area (Å²) >= 11 is 1.33. The number of anilines is 1. The van der Waals surface area contributed by atoms with Gasteiger partial charge in [-0.1, -0.05) is 5.21 Å². The molecule has 2 heterocycles. The average Bonchev–Trinajstić information content (AvgIpc) is 2.94. The fraction of sp³-hybridized carbons (Fsp3) is 0.400. The van der Waals surface area contributed by atoms with Crippen LogP contribution in [0.15, 0.2) is 12.4 Å². The predicted molar refractivity (Wildman–Crippen MR) is 64.7 cm³/mol. The van der Waals surface area contributed by atoms with Gasteiger partial charge in [-0.15, -0.1) is 5.10 Å². The van der Waals surface area contributed by atoms with Crippen molar-refractivity contribution in [3.05, 3.63) is 23.7 Å². The van der Waals surface area contributed by atoms with E-state index in [0.717, 1.165) is 30.2 Å². The number of aryl methyl sites for hydroxylation is 2. The van der Waals surface area contributed by atoms with Gasteiger partial charge in [0.25, 0.3) is 0 Å². The number of rotatable bonds is 5. The molecule has 0 saturated heterocycles. The molecule has 0 aliphatic carbocycles. The minimum absolute atomic E-state index is 0.649. The predicted octanol–water partition coefficient (Wildman–Crippen LogP) is 1.42. The van der Waals surface area contributed by atoms with Crippen molar-refractivity contribution in [2.45, 2.75) is 19.9 Å². The zero-order valence-corrected chi connectivity index (χ0v) is 10.2. The molecular formula is C10H12N6S. The van der Waals surface area contributed by atoms with Crippen molar-refractivity contribution in [1.29, 1.82) is 5.26 Å². The quantitative estimate of drug-likeness (QED) is 0.809. The lowest BCUT2D eigenvalue weighted by Crippen LogP contribution is -2.07. The molecule has 0 bridgehead atoms. The highest BCUT2D eigenvalue weighted by Gasteiger charge is 2.08. The zero-order valence-electron chi connectivity index (χ0n) is 9.42. The van der Waals surface area contributed by atoms with Crippen LogP contribution >= 0.6 is 11.5 Å². The van der Waals surface area contributed by atoms with Crippen LogP contribution in [-0.4, -0.2) is 25.9 Å². The smallest absolute Gasteiger partial charge is 0.127 e. The SMILES string of the molecule is Cc1nsc(NCCCn2ccnn2)c1C#N. The molecule has 6 nitrogen and oxygen atoms in total. The Morgan fingerprint density at radius 1 is 1.59 bits per heavy atom. The molecule has 0 radical (unpaired) electrons. The Balaban J connectivity index is 1.80. The van der Waals surface area contributed by atoms with Crippen LogP contribution in [0.2, 0.25) is 0 Å². The standard InChI is InChI=1S/C10H12N6S/c1-8-9(7-11)10(17-14-8)12-3-2-5-16-6-4-13-15-16/h4,6,12H,2-3,5H2,1H3. The van der Waals surface area contributed by atoms with Crippen molar-refractivity contribution in [2.75, 3.05) is 11.9 Å². The van der Waals surface area contributed by atoms with Gasteiger partial charge < -0.3 is 5.32 Å². The summed E-state index contributed by atoms with van der Waals surface area (Å²) in [6, 6.07) is 2.16. The van der Waals surface area contributed by atoms with Crippen molar-refractivity contribution in [2.24, 2.45) is 0 Å². The normalized spacial score (nSPS) is 10.1. The van der Waals surface area contributed by atoms with Crippen LogP contribution < -0.4 is 5.32 Å². The van der Waals surface area contributed by atoms with E-state index < -0.39 is 0 Å². The van der Waals surface area contributed by atoms with Gasteiger partial charge >= 0.3 is 0 Å². The molecule has 0 aromatic carbocycles. The first-order valence-electron chi connectivity index (χ1n) is 5.25. The van der Waals surface area contributed by atoms with Crippen molar-refractivity contribution < 1.29 is 0 Å². The number of nitrogens with one attached hydrogen (secondary N) is 1. The van der Waals surface area contributed by atoms with Crippen LogP contribution in [0, 0.1) is 18.3 Å². The molecule has 0 atom stereocenters. The van der Waals surface area contributed by atoms with Crippen molar-refractivity contribution >= 4 is 16.5 Å². The summed E-state index contributed by atoms with van der Waals surface area (Å²) in [5, 5.41) is 20.6. The maximum Gasteiger partial charge on any atom is 0.127 e. The van der Waals surface area contributed by atoms with Gasteiger partial charge in [-0.3, -0.25) is 4.68 Å². The van der Waals surface area contributed by atoms with Gasteiger partial charge in [0, 0.05) is 19.3 Å². The fourth-order valence-corrected chi connectivity index (χ4v) is 2.19. The van der Waals surface area contributed by atoms with E-state index >= 15 is 0 Å². The summed E-state index contributed by atoms with van der Waals surface area (Å²) in [5.41, 5.74) is 1.44. The molecule has 17 heavy (non-hydrogen) atoms. The first-order valence-corrected chi connectivity index (χ1v) is 6.03. The lowest BCUT2D eigenvalue weighted by Gasteiger charge is -2.03. The molecular weight excluding hydrogens is 236 g/mol. The maximum atomic E-state index is 8.95. The molecule has 0 aliphatic rings. The number of nitrogens with zero attached hydrogens (tertiary/aromatic N) is 5. The van der Waals surface area contributed by atoms with Crippen LogP contribution in [0.4, 0.5) is 5.00 Å². The average molecular weight is 248 g/mol. The first-order chi connectivity index (χ1) is 8.31. The molecule has 0 fully saturated rings. The van der Waals surface area contributed by atoms with Gasteiger partial charge in [0.2, 0.25) is 0 Å². The molecule has 2 aromatic rings. The summed E-state index contributed by atoms with van der Waals surface area (Å²) in [4.78, 5) is 0. The highest BCUT2D eigenvalue weighted by Crippen LogP contribution is 2.22. The molecule has 1 N–H and O–H groups in total. The largest absolute Gasteiger partial charge is 0.375 e. The Morgan fingerprint density at radius 3 is 3.18 bits per heavy atom. The van der Waals surface area contributed by atoms with E-state index in [9.17, 15) is 0 Å². The molecule has 2 aromatic heterocycles. The van der Waals surface area contributed by atoms with Gasteiger partial charge in [-0.2, -0.15) is 9.64 Å². The summed E-state index contributed by atoms with van der Waals surface area (Å²) in [6.07, 6.45) is 4.41. The van der Waals surface area contributed by atoms with Crippen molar-refractivity contribution in [1.82, 2.24) is 19.4 Å². The lowest BCUT2D eigenvalue weighted by atomic mass is 10.3. The first kappa shape index (κ1) is 11.5. The van der Waals surface area contributed by atoms with E-state index in [0.29, 0.717) is 5.56 Å². The van der Waals surface area contributed by atoms with Crippen LogP contribution in [0.3, 0.4) is 0 Å². The van der Waals surface area contributed by atoms with Gasteiger partial charge in [-0.05, 0) is 24.9 Å². The topological polar surface area (TPSA) is 79.4 Å². The Morgan fingerprint density at radius 2 is 2.47 bits per heavy atom. The molecule has 0 unspecified atom stereocenters. The number of nitriles is 1. The van der Waals surface area contributed by atoms with Crippen LogP contribution in [0.1, 0.15) is 17.7 Å². The molecule has 0 amide bonds. The summed E-state index contributed by atoms with van der Waals surface area (Å²) in [7, 11) is 0. The van der Waals surface area contributed by atoms with E-state index in [-0.39, 0.29) is 0 Å². The van der Waals surface area contributed by atoms with Crippen molar-refractivity contribution in [3.8, 4) is 6.07 Å².